The number of carbonyl (C=O) groups is 1. The number of anilines is 1. The minimum atomic E-state index is -0.332. The lowest BCUT2D eigenvalue weighted by Gasteiger charge is -2.30. The van der Waals surface area contributed by atoms with E-state index in [0.29, 0.717) is 11.5 Å². The van der Waals surface area contributed by atoms with Crippen LogP contribution in [0.25, 0.3) is 10.8 Å². The average molecular weight is 395 g/mol. The Kier molecular flexibility index (Phi) is 4.56. The first kappa shape index (κ1) is 18.2. The second-order valence-electron chi connectivity index (χ2n) is 7.35. The Morgan fingerprint density at radius 2 is 1.80 bits per heavy atom. The van der Waals surface area contributed by atoms with Crippen LogP contribution < -0.4 is 5.32 Å². The number of carbonyl (C=O) groups excluding carboxylic acids is 1. The number of allylic oxidation sites excluding steroid dienone is 1. The standard InChI is InChI=1S/C25H21N3O2/c1-17-22(24(29)30-16-18-8-3-2-4-9-18)23(28-15-14-26-25(28)27-17)21-13-7-11-19-10-5-6-12-20(19)21/h2-15,23H,16H2,1H3,(H,26,27). The molecule has 1 aromatic heterocycles. The molecule has 4 aromatic rings. The fourth-order valence-corrected chi connectivity index (χ4v) is 4.06. The molecule has 148 valence electrons. The van der Waals surface area contributed by atoms with Crippen LogP contribution >= 0.6 is 0 Å². The third-order valence-electron chi connectivity index (χ3n) is 5.47. The number of rotatable bonds is 4. The molecule has 0 fully saturated rings. The van der Waals surface area contributed by atoms with Crippen molar-refractivity contribution in [3.8, 4) is 0 Å². The van der Waals surface area contributed by atoms with Gasteiger partial charge in [0.25, 0.3) is 0 Å². The molecule has 0 saturated carbocycles. The van der Waals surface area contributed by atoms with Crippen molar-refractivity contribution in [2.24, 2.45) is 0 Å². The van der Waals surface area contributed by atoms with Gasteiger partial charge in [0.1, 0.15) is 6.61 Å². The van der Waals surface area contributed by atoms with Gasteiger partial charge in [-0.05, 0) is 28.8 Å². The van der Waals surface area contributed by atoms with Crippen LogP contribution in [0.2, 0.25) is 0 Å². The van der Waals surface area contributed by atoms with E-state index in [1.807, 2.05) is 66.2 Å². The molecular formula is C25H21N3O2. The fourth-order valence-electron chi connectivity index (χ4n) is 4.06. The number of hydrogen-bond acceptors (Lipinski definition) is 4. The predicted octanol–water partition coefficient (Wildman–Crippen LogP) is 5.07. The molecule has 0 amide bonds. The maximum atomic E-state index is 13.3. The number of nitrogens with one attached hydrogen (secondary N) is 1. The van der Waals surface area contributed by atoms with Gasteiger partial charge in [-0.1, -0.05) is 72.8 Å². The van der Waals surface area contributed by atoms with E-state index in [2.05, 4.69) is 34.6 Å². The second-order valence-corrected chi connectivity index (χ2v) is 7.35. The molecule has 5 heteroatoms. The van der Waals surface area contributed by atoms with E-state index in [-0.39, 0.29) is 18.6 Å². The van der Waals surface area contributed by atoms with Crippen molar-refractivity contribution >= 4 is 22.7 Å². The van der Waals surface area contributed by atoms with Crippen LogP contribution in [-0.2, 0) is 16.1 Å². The van der Waals surface area contributed by atoms with Crippen LogP contribution in [-0.4, -0.2) is 15.5 Å². The number of benzene rings is 3. The van der Waals surface area contributed by atoms with Crippen LogP contribution in [0.15, 0.2) is 96.5 Å². The highest BCUT2D eigenvalue weighted by Crippen LogP contribution is 2.39. The number of esters is 1. The normalized spacial score (nSPS) is 15.6. The Hall–Kier alpha value is -3.86. The van der Waals surface area contributed by atoms with Crippen molar-refractivity contribution in [1.29, 1.82) is 0 Å². The first-order chi connectivity index (χ1) is 14.7. The highest BCUT2D eigenvalue weighted by Gasteiger charge is 2.34. The Morgan fingerprint density at radius 3 is 2.67 bits per heavy atom. The van der Waals surface area contributed by atoms with E-state index in [0.717, 1.165) is 27.6 Å². The molecule has 2 heterocycles. The zero-order valence-electron chi connectivity index (χ0n) is 16.6. The Labute approximate surface area is 174 Å². The van der Waals surface area contributed by atoms with Crippen molar-refractivity contribution in [2.75, 3.05) is 5.32 Å². The molecule has 5 rings (SSSR count). The van der Waals surface area contributed by atoms with Gasteiger partial charge < -0.3 is 14.6 Å². The van der Waals surface area contributed by atoms with Gasteiger partial charge in [0.2, 0.25) is 5.95 Å². The Balaban J connectivity index is 1.58. The van der Waals surface area contributed by atoms with Gasteiger partial charge in [0, 0.05) is 18.1 Å². The lowest BCUT2D eigenvalue weighted by atomic mass is 9.91. The summed E-state index contributed by atoms with van der Waals surface area (Å²) in [6.07, 6.45) is 3.64. The molecule has 0 saturated heterocycles. The van der Waals surface area contributed by atoms with Crippen LogP contribution in [0.3, 0.4) is 0 Å². The Bertz CT molecular complexity index is 1250. The monoisotopic (exact) mass is 395 g/mol. The summed E-state index contributed by atoms with van der Waals surface area (Å²) in [5.74, 6) is 0.381. The summed E-state index contributed by atoms with van der Waals surface area (Å²) >= 11 is 0. The topological polar surface area (TPSA) is 56.2 Å². The summed E-state index contributed by atoms with van der Waals surface area (Å²) in [5.41, 5.74) is 3.34. The van der Waals surface area contributed by atoms with Gasteiger partial charge in [-0.25, -0.2) is 9.78 Å². The average Bonchev–Trinajstić information content (AvgIpc) is 3.25. The van der Waals surface area contributed by atoms with Crippen molar-refractivity contribution < 1.29 is 9.53 Å². The first-order valence-corrected chi connectivity index (χ1v) is 9.92. The summed E-state index contributed by atoms with van der Waals surface area (Å²) in [4.78, 5) is 17.7. The molecule has 0 aliphatic carbocycles. The number of aromatic nitrogens is 2. The molecule has 1 unspecified atom stereocenters. The molecule has 0 spiro atoms. The fraction of sp³-hybridized carbons (Fsp3) is 0.120. The molecule has 30 heavy (non-hydrogen) atoms. The van der Waals surface area contributed by atoms with E-state index in [1.165, 1.54) is 0 Å². The van der Waals surface area contributed by atoms with E-state index in [1.54, 1.807) is 6.20 Å². The van der Waals surface area contributed by atoms with Crippen molar-refractivity contribution in [3.63, 3.8) is 0 Å². The predicted molar refractivity (Wildman–Crippen MR) is 117 cm³/mol. The van der Waals surface area contributed by atoms with Gasteiger partial charge in [0.05, 0.1) is 11.6 Å². The molecule has 5 nitrogen and oxygen atoms in total. The van der Waals surface area contributed by atoms with E-state index in [9.17, 15) is 4.79 Å². The zero-order chi connectivity index (χ0) is 20.5. The quantitative estimate of drug-likeness (QED) is 0.490. The lowest BCUT2D eigenvalue weighted by molar-refractivity contribution is -0.140. The van der Waals surface area contributed by atoms with E-state index in [4.69, 9.17) is 4.74 Å². The van der Waals surface area contributed by atoms with Gasteiger partial charge in [0.15, 0.2) is 0 Å². The third kappa shape index (κ3) is 3.14. The lowest BCUT2D eigenvalue weighted by Crippen LogP contribution is -2.28. The maximum Gasteiger partial charge on any atom is 0.338 e. The highest BCUT2D eigenvalue weighted by molar-refractivity contribution is 5.95. The SMILES string of the molecule is CC1=C(C(=O)OCc2ccccc2)C(c2cccc3ccccc23)n2ccnc2N1. The third-order valence-corrected chi connectivity index (χ3v) is 5.47. The van der Waals surface area contributed by atoms with Gasteiger partial charge in [-0.15, -0.1) is 0 Å². The number of nitrogens with zero attached hydrogens (tertiary/aromatic N) is 2. The summed E-state index contributed by atoms with van der Waals surface area (Å²) in [7, 11) is 0. The number of imidazole rings is 1. The van der Waals surface area contributed by atoms with Crippen LogP contribution in [0, 0.1) is 0 Å². The number of ether oxygens (including phenoxy) is 1. The minimum Gasteiger partial charge on any atom is -0.457 e. The van der Waals surface area contributed by atoms with E-state index >= 15 is 0 Å². The zero-order valence-corrected chi connectivity index (χ0v) is 16.6. The number of fused-ring (bicyclic) bond motifs is 2. The maximum absolute atomic E-state index is 13.3. The van der Waals surface area contributed by atoms with E-state index < -0.39 is 0 Å². The smallest absolute Gasteiger partial charge is 0.338 e. The van der Waals surface area contributed by atoms with Gasteiger partial charge in [-0.2, -0.15) is 0 Å². The minimum absolute atomic E-state index is 0.232. The summed E-state index contributed by atoms with van der Waals surface area (Å²) in [6.45, 7) is 2.13. The molecule has 1 aliphatic rings. The molecule has 1 aliphatic heterocycles. The van der Waals surface area contributed by atoms with Crippen molar-refractivity contribution in [3.05, 3.63) is 108 Å². The van der Waals surface area contributed by atoms with Crippen molar-refractivity contribution in [2.45, 2.75) is 19.6 Å². The summed E-state index contributed by atoms with van der Waals surface area (Å²) < 4.78 is 7.72. The molecule has 1 N–H and O–H groups in total. The largest absolute Gasteiger partial charge is 0.457 e. The van der Waals surface area contributed by atoms with Crippen LogP contribution in [0.1, 0.15) is 24.1 Å². The molecular weight excluding hydrogens is 374 g/mol. The molecule has 0 bridgehead atoms. The molecule has 0 radical (unpaired) electrons. The molecule has 1 atom stereocenters. The first-order valence-electron chi connectivity index (χ1n) is 9.92. The van der Waals surface area contributed by atoms with Crippen molar-refractivity contribution in [1.82, 2.24) is 9.55 Å². The summed E-state index contributed by atoms with van der Waals surface area (Å²) in [5, 5.41) is 5.48. The van der Waals surface area contributed by atoms with Gasteiger partial charge >= 0.3 is 5.97 Å². The number of hydrogen-bond donors (Lipinski definition) is 1. The summed E-state index contributed by atoms with van der Waals surface area (Å²) in [6, 6.07) is 23.8. The molecule has 3 aromatic carbocycles. The second kappa shape index (κ2) is 7.52. The van der Waals surface area contributed by atoms with Gasteiger partial charge in [-0.3, -0.25) is 0 Å². The highest BCUT2D eigenvalue weighted by atomic mass is 16.5. The Morgan fingerprint density at radius 1 is 1.03 bits per heavy atom. The van der Waals surface area contributed by atoms with Crippen LogP contribution in [0.5, 0.6) is 0 Å². The van der Waals surface area contributed by atoms with Crippen LogP contribution in [0.4, 0.5) is 5.95 Å².